The van der Waals surface area contributed by atoms with Crippen LogP contribution in [0.5, 0.6) is 5.75 Å². The van der Waals surface area contributed by atoms with E-state index in [1.807, 2.05) is 69.4 Å². The first kappa shape index (κ1) is 19.9. The number of aryl methyl sites for hydroxylation is 1. The van der Waals surface area contributed by atoms with E-state index in [-0.39, 0.29) is 11.7 Å². The minimum atomic E-state index is 0.0147. The molecule has 1 heterocycles. The summed E-state index contributed by atoms with van der Waals surface area (Å²) in [7, 11) is 1.81. The van der Waals surface area contributed by atoms with Crippen molar-refractivity contribution in [2.24, 2.45) is 0 Å². The molecule has 0 spiro atoms. The lowest BCUT2D eigenvalue weighted by atomic mass is 10.1. The summed E-state index contributed by atoms with van der Waals surface area (Å²) in [5.41, 5.74) is 3.06. The maximum atomic E-state index is 12.6. The smallest absolute Gasteiger partial charge is 0.233 e. The summed E-state index contributed by atoms with van der Waals surface area (Å²) in [5.74, 6) is 0.961. The van der Waals surface area contributed by atoms with Crippen molar-refractivity contribution in [2.75, 3.05) is 19.4 Å². The van der Waals surface area contributed by atoms with Gasteiger partial charge in [0.05, 0.1) is 12.4 Å². The summed E-state index contributed by atoms with van der Waals surface area (Å²) in [6, 6.07) is 15.6. The summed E-state index contributed by atoms with van der Waals surface area (Å²) in [4.78, 5) is 14.3. The molecule has 0 N–H and O–H groups in total. The van der Waals surface area contributed by atoms with Crippen molar-refractivity contribution in [3.63, 3.8) is 0 Å². The van der Waals surface area contributed by atoms with Gasteiger partial charge in [-0.05, 0) is 47.5 Å². The lowest BCUT2D eigenvalue weighted by molar-refractivity contribution is -0.127. The standard InChI is InChI=1S/C20H23N5O2S/c1-4-27-18-12-8-7-11-17(18)25-20(21-22-23-25)28-14-19(26)24(3)13-16-10-6-5-9-15(16)2/h5-12H,4,13-14H2,1-3H3. The number of carbonyl (C=O) groups is 1. The van der Waals surface area contributed by atoms with Crippen LogP contribution < -0.4 is 4.74 Å². The molecule has 0 unspecified atom stereocenters. The van der Waals surface area contributed by atoms with Gasteiger partial charge in [0.2, 0.25) is 11.1 Å². The summed E-state index contributed by atoms with van der Waals surface area (Å²) >= 11 is 1.31. The minimum Gasteiger partial charge on any atom is -0.492 e. The average molecular weight is 398 g/mol. The van der Waals surface area contributed by atoms with Gasteiger partial charge in [-0.25, -0.2) is 0 Å². The van der Waals surface area contributed by atoms with Crippen LogP contribution in [0.25, 0.3) is 5.69 Å². The third-order valence-electron chi connectivity index (χ3n) is 4.25. The second kappa shape index (κ2) is 9.36. The molecule has 2 aromatic carbocycles. The SMILES string of the molecule is CCOc1ccccc1-n1nnnc1SCC(=O)N(C)Cc1ccccc1C. The summed E-state index contributed by atoms with van der Waals surface area (Å²) in [5, 5.41) is 12.4. The van der Waals surface area contributed by atoms with Crippen LogP contribution in [0, 0.1) is 6.92 Å². The number of hydrogen-bond acceptors (Lipinski definition) is 6. The number of thioether (sulfide) groups is 1. The topological polar surface area (TPSA) is 73.1 Å². The Labute approximate surface area is 168 Å². The highest BCUT2D eigenvalue weighted by Crippen LogP contribution is 2.26. The van der Waals surface area contributed by atoms with Crippen molar-refractivity contribution >= 4 is 17.7 Å². The number of para-hydroxylation sites is 2. The van der Waals surface area contributed by atoms with Gasteiger partial charge in [0.1, 0.15) is 11.4 Å². The molecule has 0 aliphatic rings. The molecule has 0 saturated heterocycles. The van der Waals surface area contributed by atoms with Gasteiger partial charge in [0.25, 0.3) is 0 Å². The van der Waals surface area contributed by atoms with Gasteiger partial charge in [-0.2, -0.15) is 4.68 Å². The van der Waals surface area contributed by atoms with Crippen molar-refractivity contribution in [2.45, 2.75) is 25.5 Å². The zero-order chi connectivity index (χ0) is 19.9. The molecule has 0 aliphatic heterocycles. The third kappa shape index (κ3) is 4.69. The van der Waals surface area contributed by atoms with Crippen molar-refractivity contribution in [1.82, 2.24) is 25.1 Å². The molecule has 0 bridgehead atoms. The zero-order valence-corrected chi connectivity index (χ0v) is 17.0. The van der Waals surface area contributed by atoms with Crippen molar-refractivity contribution < 1.29 is 9.53 Å². The lowest BCUT2D eigenvalue weighted by Crippen LogP contribution is -2.28. The summed E-state index contributed by atoms with van der Waals surface area (Å²) in [6.45, 7) is 5.09. The first-order valence-corrected chi connectivity index (χ1v) is 10.0. The Balaban J connectivity index is 1.67. The quantitative estimate of drug-likeness (QED) is 0.544. The van der Waals surface area contributed by atoms with E-state index in [9.17, 15) is 4.79 Å². The fourth-order valence-electron chi connectivity index (χ4n) is 2.70. The van der Waals surface area contributed by atoms with Gasteiger partial charge in [-0.3, -0.25) is 4.79 Å². The van der Waals surface area contributed by atoms with E-state index in [4.69, 9.17) is 4.74 Å². The van der Waals surface area contributed by atoms with E-state index >= 15 is 0 Å². The third-order valence-corrected chi connectivity index (χ3v) is 5.16. The van der Waals surface area contributed by atoms with Crippen LogP contribution in [0.15, 0.2) is 53.7 Å². The number of nitrogens with zero attached hydrogens (tertiary/aromatic N) is 5. The number of benzene rings is 2. The van der Waals surface area contributed by atoms with Crippen molar-refractivity contribution in [3.05, 3.63) is 59.7 Å². The van der Waals surface area contributed by atoms with E-state index in [0.29, 0.717) is 24.1 Å². The molecule has 0 radical (unpaired) electrons. The van der Waals surface area contributed by atoms with Gasteiger partial charge < -0.3 is 9.64 Å². The van der Waals surface area contributed by atoms with E-state index in [2.05, 4.69) is 15.5 Å². The molecule has 146 valence electrons. The second-order valence-corrected chi connectivity index (χ2v) is 7.18. The molecule has 1 amide bonds. The highest BCUT2D eigenvalue weighted by Gasteiger charge is 2.16. The van der Waals surface area contributed by atoms with E-state index < -0.39 is 0 Å². The fourth-order valence-corrected chi connectivity index (χ4v) is 3.52. The highest BCUT2D eigenvalue weighted by atomic mass is 32.2. The van der Waals surface area contributed by atoms with Crippen LogP contribution in [0.1, 0.15) is 18.1 Å². The molecule has 0 fully saturated rings. The van der Waals surface area contributed by atoms with Gasteiger partial charge >= 0.3 is 0 Å². The summed E-state index contributed by atoms with van der Waals surface area (Å²) < 4.78 is 7.26. The van der Waals surface area contributed by atoms with E-state index in [1.165, 1.54) is 17.3 Å². The summed E-state index contributed by atoms with van der Waals surface area (Å²) in [6.07, 6.45) is 0. The molecule has 0 aliphatic carbocycles. The monoisotopic (exact) mass is 397 g/mol. The molecule has 0 atom stereocenters. The Kier molecular flexibility index (Phi) is 6.65. The van der Waals surface area contributed by atoms with Crippen LogP contribution in [-0.2, 0) is 11.3 Å². The van der Waals surface area contributed by atoms with E-state index in [0.717, 1.165) is 11.3 Å². The predicted octanol–water partition coefficient (Wildman–Crippen LogP) is 3.12. The molecule has 28 heavy (non-hydrogen) atoms. The largest absolute Gasteiger partial charge is 0.492 e. The van der Waals surface area contributed by atoms with E-state index in [1.54, 1.807) is 9.58 Å². The molecule has 7 nitrogen and oxygen atoms in total. The molecule has 8 heteroatoms. The Bertz CT molecular complexity index is 944. The highest BCUT2D eigenvalue weighted by molar-refractivity contribution is 7.99. The van der Waals surface area contributed by atoms with Crippen LogP contribution in [-0.4, -0.2) is 50.4 Å². The van der Waals surface area contributed by atoms with Crippen LogP contribution in [0.4, 0.5) is 0 Å². The second-order valence-electron chi connectivity index (χ2n) is 6.24. The van der Waals surface area contributed by atoms with Crippen molar-refractivity contribution in [1.29, 1.82) is 0 Å². The molecular weight excluding hydrogens is 374 g/mol. The molecular formula is C20H23N5O2S. The van der Waals surface area contributed by atoms with Gasteiger partial charge in [-0.1, -0.05) is 48.2 Å². The molecule has 3 aromatic rings. The predicted molar refractivity (Wildman–Crippen MR) is 109 cm³/mol. The Morgan fingerprint density at radius 1 is 1.18 bits per heavy atom. The molecule has 3 rings (SSSR count). The number of amides is 1. The first-order valence-electron chi connectivity index (χ1n) is 9.02. The number of ether oxygens (including phenoxy) is 1. The fraction of sp³-hybridized carbons (Fsp3) is 0.300. The maximum Gasteiger partial charge on any atom is 0.233 e. The number of hydrogen-bond donors (Lipinski definition) is 0. The Hall–Kier alpha value is -2.87. The Morgan fingerprint density at radius 2 is 1.93 bits per heavy atom. The van der Waals surface area contributed by atoms with Gasteiger partial charge in [-0.15, -0.1) is 5.10 Å². The zero-order valence-electron chi connectivity index (χ0n) is 16.2. The minimum absolute atomic E-state index is 0.0147. The first-order chi connectivity index (χ1) is 13.6. The average Bonchev–Trinajstić information content (AvgIpc) is 3.17. The van der Waals surface area contributed by atoms with Crippen LogP contribution >= 0.6 is 11.8 Å². The number of tetrazole rings is 1. The molecule has 1 aromatic heterocycles. The van der Waals surface area contributed by atoms with Crippen LogP contribution in [0.2, 0.25) is 0 Å². The van der Waals surface area contributed by atoms with Crippen LogP contribution in [0.3, 0.4) is 0 Å². The number of carbonyl (C=O) groups excluding carboxylic acids is 1. The molecule has 0 saturated carbocycles. The normalized spacial score (nSPS) is 10.7. The lowest BCUT2D eigenvalue weighted by Gasteiger charge is -2.18. The number of aromatic nitrogens is 4. The van der Waals surface area contributed by atoms with Gasteiger partial charge in [0, 0.05) is 13.6 Å². The maximum absolute atomic E-state index is 12.6. The van der Waals surface area contributed by atoms with Crippen molar-refractivity contribution in [3.8, 4) is 11.4 Å². The Morgan fingerprint density at radius 3 is 2.71 bits per heavy atom. The van der Waals surface area contributed by atoms with Gasteiger partial charge in [0.15, 0.2) is 0 Å². The number of rotatable bonds is 8.